The second kappa shape index (κ2) is 1.74. The van der Waals surface area contributed by atoms with Crippen molar-refractivity contribution >= 4 is 26.9 Å². The second-order valence-electron chi connectivity index (χ2n) is 1.85. The van der Waals surface area contributed by atoms with Crippen LogP contribution in [0.3, 0.4) is 0 Å². The first-order valence-corrected chi connectivity index (χ1v) is 7.43. The summed E-state index contributed by atoms with van der Waals surface area (Å²) in [4.78, 5) is -0.419. The molecule has 0 aromatic heterocycles. The summed E-state index contributed by atoms with van der Waals surface area (Å²) >= 11 is 2.49. The third-order valence-corrected chi connectivity index (χ3v) is 0. The SMILES string of the molecule is C[P+](C)(C)I. The van der Waals surface area contributed by atoms with Gasteiger partial charge in [0.25, 0.3) is 0 Å². The summed E-state index contributed by atoms with van der Waals surface area (Å²) < 4.78 is 0. The van der Waals surface area contributed by atoms with E-state index in [1.807, 2.05) is 0 Å². The topological polar surface area (TPSA) is 0 Å². The van der Waals surface area contributed by atoms with Crippen LogP contribution in [0.15, 0.2) is 0 Å². The maximum Gasteiger partial charge on any atom is 0.153 e. The summed E-state index contributed by atoms with van der Waals surface area (Å²) in [5.74, 6) is 0. The van der Waals surface area contributed by atoms with Gasteiger partial charge in [0.05, 0.1) is 24.9 Å². The lowest BCUT2D eigenvalue weighted by Gasteiger charge is -1.93. The highest BCUT2D eigenvalue weighted by atomic mass is 127. The summed E-state index contributed by atoms with van der Waals surface area (Å²) in [6.07, 6.45) is 0. The van der Waals surface area contributed by atoms with E-state index in [9.17, 15) is 0 Å². The van der Waals surface area contributed by atoms with Gasteiger partial charge in [-0.2, -0.15) is 0 Å². The van der Waals surface area contributed by atoms with E-state index >= 15 is 0 Å². The minimum Gasteiger partial charge on any atom is 0.0565 e. The molecule has 0 bridgehead atoms. The van der Waals surface area contributed by atoms with Crippen LogP contribution in [0.4, 0.5) is 0 Å². The van der Waals surface area contributed by atoms with Crippen molar-refractivity contribution in [3.63, 3.8) is 0 Å². The molecule has 0 radical (unpaired) electrons. The fourth-order valence-corrected chi connectivity index (χ4v) is 0. The Bertz CT molecular complexity index is 22.4. The Labute approximate surface area is 47.2 Å². The van der Waals surface area contributed by atoms with Gasteiger partial charge in [0.2, 0.25) is 0 Å². The molecule has 0 amide bonds. The highest BCUT2D eigenvalue weighted by molar-refractivity contribution is 14.2. The van der Waals surface area contributed by atoms with Gasteiger partial charge < -0.3 is 0 Å². The van der Waals surface area contributed by atoms with Gasteiger partial charge in [-0.3, -0.25) is 0 Å². The van der Waals surface area contributed by atoms with E-state index in [-0.39, 0.29) is 0 Å². The second-order valence-corrected chi connectivity index (χ2v) is 14.2. The van der Waals surface area contributed by atoms with Crippen LogP contribution in [0.5, 0.6) is 0 Å². The minimum absolute atomic E-state index is 0.419. The third kappa shape index (κ3) is 38.3. The Kier molecular flexibility index (Phi) is 2.15. The Morgan fingerprint density at radius 2 is 1.20 bits per heavy atom. The smallest absolute Gasteiger partial charge is 0.0565 e. The molecule has 5 heavy (non-hydrogen) atoms. The third-order valence-electron chi connectivity index (χ3n) is 0. The molecule has 32 valence electrons. The normalized spacial score (nSPS) is 12.0. The molecule has 0 spiro atoms. The largest absolute Gasteiger partial charge is 0.153 e. The van der Waals surface area contributed by atoms with Crippen molar-refractivity contribution < 1.29 is 0 Å². The summed E-state index contributed by atoms with van der Waals surface area (Å²) in [6, 6.07) is 0. The van der Waals surface area contributed by atoms with E-state index < -0.39 is 4.90 Å². The van der Waals surface area contributed by atoms with Crippen LogP contribution < -0.4 is 0 Å². The number of rotatable bonds is 0. The molecular formula is C3H9IP+. The maximum absolute atomic E-state index is 2.49. The lowest BCUT2D eigenvalue weighted by molar-refractivity contribution is 2.12. The van der Waals surface area contributed by atoms with E-state index in [0.717, 1.165) is 0 Å². The van der Waals surface area contributed by atoms with E-state index in [4.69, 9.17) is 0 Å². The molecule has 0 aromatic carbocycles. The van der Waals surface area contributed by atoms with Crippen LogP contribution in [0, 0.1) is 0 Å². The van der Waals surface area contributed by atoms with Gasteiger partial charge in [-0.1, -0.05) is 0 Å². The highest BCUT2D eigenvalue weighted by Gasteiger charge is 2.08. The Balaban J connectivity index is 3.02. The molecule has 0 nitrogen and oxygen atoms in total. The zero-order valence-electron chi connectivity index (χ0n) is 3.83. The van der Waals surface area contributed by atoms with E-state index in [0.29, 0.717) is 0 Å². The Hall–Kier alpha value is 1.16. The first kappa shape index (κ1) is 6.16. The fraction of sp³-hybridized carbons (Fsp3) is 1.00. The highest BCUT2D eigenvalue weighted by Crippen LogP contribution is 2.55. The van der Waals surface area contributed by atoms with Crippen molar-refractivity contribution in [1.29, 1.82) is 0 Å². The van der Waals surface area contributed by atoms with Crippen molar-refractivity contribution in [2.45, 2.75) is 0 Å². The lowest BCUT2D eigenvalue weighted by Crippen LogP contribution is -1.63. The molecule has 0 rings (SSSR count). The van der Waals surface area contributed by atoms with Gasteiger partial charge in [-0.25, -0.2) is 0 Å². The van der Waals surface area contributed by atoms with Crippen LogP contribution in [-0.4, -0.2) is 20.0 Å². The van der Waals surface area contributed by atoms with Gasteiger partial charge in [-0.05, 0) is 0 Å². The predicted molar refractivity (Wildman–Crippen MR) is 38.7 cm³/mol. The van der Waals surface area contributed by atoms with Crippen LogP contribution in [0.25, 0.3) is 0 Å². The van der Waals surface area contributed by atoms with E-state index in [1.165, 1.54) is 0 Å². The fourth-order valence-electron chi connectivity index (χ4n) is 0. The summed E-state index contributed by atoms with van der Waals surface area (Å²) in [6.45, 7) is 6.86. The Morgan fingerprint density at radius 1 is 1.20 bits per heavy atom. The molecule has 0 atom stereocenters. The van der Waals surface area contributed by atoms with Crippen LogP contribution in [-0.2, 0) is 0 Å². The molecule has 2 heteroatoms. The zero-order valence-corrected chi connectivity index (χ0v) is 6.88. The van der Waals surface area contributed by atoms with Gasteiger partial charge in [0.15, 0.2) is 22.0 Å². The number of hydrogen-bond acceptors (Lipinski definition) is 0. The van der Waals surface area contributed by atoms with Crippen molar-refractivity contribution in [1.82, 2.24) is 0 Å². The average molecular weight is 203 g/mol. The zero-order chi connectivity index (χ0) is 4.50. The predicted octanol–water partition coefficient (Wildman–Crippen LogP) is 2.24. The van der Waals surface area contributed by atoms with Crippen LogP contribution in [0.1, 0.15) is 0 Å². The molecule has 0 aliphatic carbocycles. The standard InChI is InChI=1S/C3H9IP/c1-5(2,3)4/h1-3H3/q+1. The minimum atomic E-state index is -0.419. The van der Waals surface area contributed by atoms with Crippen molar-refractivity contribution in [2.24, 2.45) is 0 Å². The van der Waals surface area contributed by atoms with E-state index in [2.05, 4.69) is 42.0 Å². The Morgan fingerprint density at radius 3 is 1.20 bits per heavy atom. The first-order valence-electron chi connectivity index (χ1n) is 1.51. The van der Waals surface area contributed by atoms with Crippen molar-refractivity contribution in [2.75, 3.05) is 20.0 Å². The van der Waals surface area contributed by atoms with E-state index in [1.54, 1.807) is 0 Å². The van der Waals surface area contributed by atoms with Crippen molar-refractivity contribution in [3.8, 4) is 0 Å². The molecule has 0 saturated heterocycles. The maximum atomic E-state index is 2.49. The molecule has 0 aliphatic rings. The van der Waals surface area contributed by atoms with Crippen LogP contribution in [0.2, 0.25) is 0 Å². The first-order chi connectivity index (χ1) is 2.00. The molecule has 0 unspecified atom stereocenters. The van der Waals surface area contributed by atoms with Crippen molar-refractivity contribution in [3.05, 3.63) is 0 Å². The lowest BCUT2D eigenvalue weighted by atomic mass is 11.9. The summed E-state index contributed by atoms with van der Waals surface area (Å²) in [5, 5.41) is 0. The molecule has 0 saturated carbocycles. The van der Waals surface area contributed by atoms with Crippen LogP contribution >= 0.6 is 26.9 Å². The summed E-state index contributed by atoms with van der Waals surface area (Å²) in [7, 11) is 0. The molecule has 0 aliphatic heterocycles. The van der Waals surface area contributed by atoms with Gasteiger partial charge in [0.1, 0.15) is 0 Å². The average Bonchev–Trinajstić information content (AvgIpc) is 0.722. The molecule has 0 fully saturated rings. The molecule has 0 heterocycles. The number of halogens is 1. The van der Waals surface area contributed by atoms with Gasteiger partial charge in [-0.15, -0.1) is 0 Å². The summed E-state index contributed by atoms with van der Waals surface area (Å²) in [5.41, 5.74) is 0. The number of hydrogen-bond donors (Lipinski definition) is 0. The molecule has 0 aromatic rings. The monoisotopic (exact) mass is 203 g/mol. The van der Waals surface area contributed by atoms with Gasteiger partial charge >= 0.3 is 0 Å². The molecular weight excluding hydrogens is 194 g/mol. The quantitative estimate of drug-likeness (QED) is 0.418. The molecule has 0 N–H and O–H groups in total. The van der Waals surface area contributed by atoms with Gasteiger partial charge in [0, 0.05) is 0 Å².